The summed E-state index contributed by atoms with van der Waals surface area (Å²) in [5, 5.41) is 9.71. The van der Waals surface area contributed by atoms with E-state index in [1.165, 1.54) is 0 Å². The van der Waals surface area contributed by atoms with Crippen LogP contribution in [0.15, 0.2) is 0 Å². The first-order valence-corrected chi connectivity index (χ1v) is 4.76. The Morgan fingerprint density at radius 3 is 2.00 bits per heavy atom. The third kappa shape index (κ3) is 5.56. The molecule has 0 fully saturated rings. The average Bonchev–Trinajstić information content (AvgIpc) is 1.84. The Bertz CT molecular complexity index is 98.4. The van der Waals surface area contributed by atoms with Crippen LogP contribution in [0.5, 0.6) is 0 Å². The molecule has 2 atom stereocenters. The van der Waals surface area contributed by atoms with Gasteiger partial charge in [-0.3, -0.25) is 0 Å². The molecular formula is C10H23NO. The number of rotatable bonds is 5. The molecule has 0 saturated carbocycles. The van der Waals surface area contributed by atoms with Gasteiger partial charge in [-0.25, -0.2) is 0 Å². The van der Waals surface area contributed by atoms with Crippen molar-refractivity contribution in [3.63, 3.8) is 0 Å². The molecule has 0 aliphatic carbocycles. The number of aliphatic hydroxyl groups is 1. The molecule has 0 aromatic carbocycles. The highest BCUT2D eigenvalue weighted by atomic mass is 16.3. The Labute approximate surface area is 76.6 Å². The molecule has 1 N–H and O–H groups in total. The van der Waals surface area contributed by atoms with E-state index < -0.39 is 0 Å². The van der Waals surface area contributed by atoms with Crippen molar-refractivity contribution >= 4 is 0 Å². The molecule has 0 spiro atoms. The number of nitrogens with zero attached hydrogens (tertiary/aromatic N) is 1. The molecule has 74 valence electrons. The maximum absolute atomic E-state index is 9.71. The van der Waals surface area contributed by atoms with Gasteiger partial charge in [0.1, 0.15) is 0 Å². The summed E-state index contributed by atoms with van der Waals surface area (Å²) in [5.74, 6) is 0.965. The van der Waals surface area contributed by atoms with Crippen molar-refractivity contribution in [2.75, 3.05) is 20.6 Å². The summed E-state index contributed by atoms with van der Waals surface area (Å²) in [6.07, 6.45) is 0.766. The van der Waals surface area contributed by atoms with Gasteiger partial charge in [-0.2, -0.15) is 0 Å². The van der Waals surface area contributed by atoms with Crippen LogP contribution in [0.25, 0.3) is 0 Å². The SMILES string of the molecule is CC(C)CC(O)C(C)CN(C)C. The predicted molar refractivity (Wildman–Crippen MR) is 53.2 cm³/mol. The molecule has 0 amide bonds. The second-order valence-electron chi connectivity index (χ2n) is 4.44. The summed E-state index contributed by atoms with van der Waals surface area (Å²) < 4.78 is 0. The van der Waals surface area contributed by atoms with Crippen molar-refractivity contribution in [3.05, 3.63) is 0 Å². The Balaban J connectivity index is 3.68. The van der Waals surface area contributed by atoms with Crippen molar-refractivity contribution in [3.8, 4) is 0 Å². The highest BCUT2D eigenvalue weighted by Gasteiger charge is 2.15. The van der Waals surface area contributed by atoms with E-state index in [-0.39, 0.29) is 6.10 Å². The van der Waals surface area contributed by atoms with Gasteiger partial charge in [0, 0.05) is 6.54 Å². The van der Waals surface area contributed by atoms with E-state index in [0.717, 1.165) is 13.0 Å². The molecule has 0 aliphatic rings. The topological polar surface area (TPSA) is 23.5 Å². The normalized spacial score (nSPS) is 17.0. The summed E-state index contributed by atoms with van der Waals surface area (Å²) in [6, 6.07) is 0. The zero-order valence-electron chi connectivity index (χ0n) is 9.04. The fourth-order valence-corrected chi connectivity index (χ4v) is 1.41. The van der Waals surface area contributed by atoms with Crippen molar-refractivity contribution in [2.24, 2.45) is 11.8 Å². The molecule has 0 saturated heterocycles. The first kappa shape index (κ1) is 11.9. The van der Waals surface area contributed by atoms with E-state index in [1.807, 2.05) is 14.1 Å². The Hall–Kier alpha value is -0.0800. The molecule has 2 nitrogen and oxygen atoms in total. The van der Waals surface area contributed by atoms with Crippen LogP contribution in [0.1, 0.15) is 27.2 Å². The quantitative estimate of drug-likeness (QED) is 0.682. The minimum absolute atomic E-state index is 0.146. The second kappa shape index (κ2) is 5.55. The maximum Gasteiger partial charge on any atom is 0.0580 e. The number of hydrogen-bond donors (Lipinski definition) is 1. The van der Waals surface area contributed by atoms with Crippen LogP contribution in [-0.4, -0.2) is 36.8 Å². The minimum atomic E-state index is -0.146. The van der Waals surface area contributed by atoms with Crippen molar-refractivity contribution < 1.29 is 5.11 Å². The molecule has 2 heteroatoms. The smallest absolute Gasteiger partial charge is 0.0580 e. The van der Waals surface area contributed by atoms with Gasteiger partial charge in [-0.05, 0) is 32.4 Å². The molecule has 0 heterocycles. The van der Waals surface area contributed by atoms with Crippen LogP contribution < -0.4 is 0 Å². The first-order valence-electron chi connectivity index (χ1n) is 4.76. The monoisotopic (exact) mass is 173 g/mol. The van der Waals surface area contributed by atoms with Crippen molar-refractivity contribution in [2.45, 2.75) is 33.3 Å². The minimum Gasteiger partial charge on any atom is -0.393 e. The summed E-state index contributed by atoms with van der Waals surface area (Å²) in [6.45, 7) is 7.36. The molecule has 0 aliphatic heterocycles. The zero-order chi connectivity index (χ0) is 9.72. The van der Waals surface area contributed by atoms with Gasteiger partial charge >= 0.3 is 0 Å². The third-order valence-corrected chi connectivity index (χ3v) is 2.02. The van der Waals surface area contributed by atoms with Gasteiger partial charge in [0.25, 0.3) is 0 Å². The zero-order valence-corrected chi connectivity index (χ0v) is 9.04. The fraction of sp³-hybridized carbons (Fsp3) is 1.00. The van der Waals surface area contributed by atoms with Crippen LogP contribution in [0, 0.1) is 11.8 Å². The third-order valence-electron chi connectivity index (χ3n) is 2.02. The van der Waals surface area contributed by atoms with Gasteiger partial charge in [-0.1, -0.05) is 20.8 Å². The van der Waals surface area contributed by atoms with Gasteiger partial charge in [-0.15, -0.1) is 0 Å². The van der Waals surface area contributed by atoms with Crippen LogP contribution in [-0.2, 0) is 0 Å². The Morgan fingerprint density at radius 1 is 1.17 bits per heavy atom. The van der Waals surface area contributed by atoms with Crippen LogP contribution in [0.2, 0.25) is 0 Å². The van der Waals surface area contributed by atoms with E-state index in [0.29, 0.717) is 11.8 Å². The Kier molecular flexibility index (Phi) is 5.51. The van der Waals surface area contributed by atoms with Gasteiger partial charge < -0.3 is 10.0 Å². The molecule has 12 heavy (non-hydrogen) atoms. The second-order valence-corrected chi connectivity index (χ2v) is 4.44. The largest absolute Gasteiger partial charge is 0.393 e. The van der Waals surface area contributed by atoms with Gasteiger partial charge in [0.05, 0.1) is 6.10 Å². The highest BCUT2D eigenvalue weighted by Crippen LogP contribution is 2.13. The first-order chi connectivity index (χ1) is 5.43. The summed E-state index contributed by atoms with van der Waals surface area (Å²) in [7, 11) is 4.08. The van der Waals surface area contributed by atoms with Crippen molar-refractivity contribution in [1.82, 2.24) is 4.90 Å². The van der Waals surface area contributed by atoms with E-state index in [4.69, 9.17) is 0 Å². The summed E-state index contributed by atoms with van der Waals surface area (Å²) >= 11 is 0. The predicted octanol–water partition coefficient (Wildman–Crippen LogP) is 1.59. The standard InChI is InChI=1S/C10H23NO/c1-8(2)6-10(12)9(3)7-11(4)5/h8-10,12H,6-7H2,1-5H3. The molecule has 0 aromatic rings. The van der Waals surface area contributed by atoms with E-state index in [1.54, 1.807) is 0 Å². The Morgan fingerprint density at radius 2 is 1.67 bits per heavy atom. The highest BCUT2D eigenvalue weighted by molar-refractivity contribution is 4.67. The van der Waals surface area contributed by atoms with Crippen LogP contribution >= 0.6 is 0 Å². The molecular weight excluding hydrogens is 150 g/mol. The molecule has 0 aromatic heterocycles. The maximum atomic E-state index is 9.71. The van der Waals surface area contributed by atoms with Crippen LogP contribution in [0.3, 0.4) is 0 Å². The lowest BCUT2D eigenvalue weighted by molar-refractivity contribution is 0.0806. The molecule has 0 bridgehead atoms. The number of aliphatic hydroxyl groups excluding tert-OH is 1. The molecule has 0 radical (unpaired) electrons. The van der Waals surface area contributed by atoms with Gasteiger partial charge in [0.15, 0.2) is 0 Å². The lowest BCUT2D eigenvalue weighted by Gasteiger charge is -2.23. The van der Waals surface area contributed by atoms with Crippen LogP contribution in [0.4, 0.5) is 0 Å². The average molecular weight is 173 g/mol. The summed E-state index contributed by atoms with van der Waals surface area (Å²) in [4.78, 5) is 2.12. The van der Waals surface area contributed by atoms with E-state index in [9.17, 15) is 5.11 Å². The molecule has 0 rings (SSSR count). The fourth-order valence-electron chi connectivity index (χ4n) is 1.41. The number of hydrogen-bond acceptors (Lipinski definition) is 2. The van der Waals surface area contributed by atoms with Crippen molar-refractivity contribution in [1.29, 1.82) is 0 Å². The molecule has 2 unspecified atom stereocenters. The van der Waals surface area contributed by atoms with Gasteiger partial charge in [0.2, 0.25) is 0 Å². The lowest BCUT2D eigenvalue weighted by Crippen LogP contribution is -2.29. The van der Waals surface area contributed by atoms with E-state index in [2.05, 4.69) is 25.7 Å². The lowest BCUT2D eigenvalue weighted by atomic mass is 9.96. The van der Waals surface area contributed by atoms with E-state index >= 15 is 0 Å². The summed E-state index contributed by atoms with van der Waals surface area (Å²) in [5.41, 5.74) is 0.